The SMILES string of the molecule is C/N=C(\N=C(/N)c1ccccc1)C1=CC=C(c2cccc(C#N)c2)CC=C1. The van der Waals surface area contributed by atoms with Crippen molar-refractivity contribution in [3.05, 3.63) is 101 Å². The summed E-state index contributed by atoms with van der Waals surface area (Å²) in [6.07, 6.45) is 8.88. The number of hydrogen-bond donors (Lipinski definition) is 1. The summed E-state index contributed by atoms with van der Waals surface area (Å²) in [5, 5.41) is 9.10. The Bertz CT molecular complexity index is 1020. The van der Waals surface area contributed by atoms with Crippen LogP contribution in [0.3, 0.4) is 0 Å². The zero-order valence-corrected chi connectivity index (χ0v) is 15.1. The monoisotopic (exact) mass is 352 g/mol. The van der Waals surface area contributed by atoms with E-state index in [2.05, 4.69) is 22.1 Å². The highest BCUT2D eigenvalue weighted by atomic mass is 15.0. The van der Waals surface area contributed by atoms with Crippen molar-refractivity contribution < 1.29 is 0 Å². The van der Waals surface area contributed by atoms with Crippen molar-refractivity contribution in [3.63, 3.8) is 0 Å². The zero-order chi connectivity index (χ0) is 19.1. The van der Waals surface area contributed by atoms with Crippen molar-refractivity contribution in [1.82, 2.24) is 0 Å². The van der Waals surface area contributed by atoms with Crippen molar-refractivity contribution in [2.45, 2.75) is 6.42 Å². The molecule has 0 spiro atoms. The van der Waals surface area contributed by atoms with E-state index in [4.69, 9.17) is 11.0 Å². The van der Waals surface area contributed by atoms with Crippen molar-refractivity contribution in [3.8, 4) is 6.07 Å². The fourth-order valence-electron chi connectivity index (χ4n) is 2.81. The minimum atomic E-state index is 0.431. The average molecular weight is 352 g/mol. The van der Waals surface area contributed by atoms with Crippen molar-refractivity contribution in [2.75, 3.05) is 7.05 Å². The molecule has 0 amide bonds. The van der Waals surface area contributed by atoms with Crippen LogP contribution in [0.2, 0.25) is 0 Å². The van der Waals surface area contributed by atoms with Crippen LogP contribution in [-0.2, 0) is 0 Å². The van der Waals surface area contributed by atoms with Crippen LogP contribution < -0.4 is 5.73 Å². The molecule has 132 valence electrons. The topological polar surface area (TPSA) is 74.5 Å². The predicted molar refractivity (Wildman–Crippen MR) is 111 cm³/mol. The number of nitriles is 1. The molecule has 0 atom stereocenters. The number of allylic oxidation sites excluding steroid dienone is 4. The molecule has 0 saturated heterocycles. The molecule has 3 rings (SSSR count). The van der Waals surface area contributed by atoms with E-state index < -0.39 is 0 Å². The Balaban J connectivity index is 1.90. The van der Waals surface area contributed by atoms with Gasteiger partial charge in [0.1, 0.15) is 5.84 Å². The van der Waals surface area contributed by atoms with Crippen molar-refractivity contribution in [1.29, 1.82) is 5.26 Å². The fraction of sp³-hybridized carbons (Fsp3) is 0.0870. The molecule has 0 saturated carbocycles. The van der Waals surface area contributed by atoms with Crippen LogP contribution in [0.25, 0.3) is 5.57 Å². The molecule has 4 nitrogen and oxygen atoms in total. The number of hydrogen-bond acceptors (Lipinski definition) is 2. The molecule has 4 heteroatoms. The normalized spacial score (nSPS) is 14.8. The third-order valence-corrected chi connectivity index (χ3v) is 4.23. The van der Waals surface area contributed by atoms with Crippen LogP contribution in [0.5, 0.6) is 0 Å². The predicted octanol–water partition coefficient (Wildman–Crippen LogP) is 4.26. The molecule has 0 heterocycles. The van der Waals surface area contributed by atoms with Gasteiger partial charge >= 0.3 is 0 Å². The molecule has 2 N–H and O–H groups in total. The third kappa shape index (κ3) is 4.47. The van der Waals surface area contributed by atoms with Gasteiger partial charge in [0.05, 0.1) is 11.6 Å². The van der Waals surface area contributed by atoms with Crippen LogP contribution in [0, 0.1) is 11.3 Å². The average Bonchev–Trinajstić information content (AvgIpc) is 2.99. The molecule has 0 unspecified atom stereocenters. The number of nitrogens with zero attached hydrogens (tertiary/aromatic N) is 3. The van der Waals surface area contributed by atoms with Gasteiger partial charge in [-0.2, -0.15) is 5.26 Å². The molecular formula is C23H20N4. The highest BCUT2D eigenvalue weighted by Gasteiger charge is 2.08. The smallest absolute Gasteiger partial charge is 0.156 e. The summed E-state index contributed by atoms with van der Waals surface area (Å²) in [6, 6.07) is 19.4. The van der Waals surface area contributed by atoms with Gasteiger partial charge in [0, 0.05) is 18.2 Å². The number of amidine groups is 2. The first-order valence-electron chi connectivity index (χ1n) is 8.66. The van der Waals surface area contributed by atoms with E-state index in [9.17, 15) is 0 Å². The lowest BCUT2D eigenvalue weighted by Gasteiger charge is -2.04. The third-order valence-electron chi connectivity index (χ3n) is 4.23. The lowest BCUT2D eigenvalue weighted by molar-refractivity contribution is 1.37. The summed E-state index contributed by atoms with van der Waals surface area (Å²) < 4.78 is 0. The summed E-state index contributed by atoms with van der Waals surface area (Å²) in [5.74, 6) is 1.01. The molecule has 0 aromatic heterocycles. The maximum absolute atomic E-state index is 9.10. The van der Waals surface area contributed by atoms with Gasteiger partial charge in [0.25, 0.3) is 0 Å². The van der Waals surface area contributed by atoms with Crippen molar-refractivity contribution in [2.24, 2.45) is 15.7 Å². The number of aliphatic imine (C=N–C) groups is 2. The molecule has 27 heavy (non-hydrogen) atoms. The molecule has 2 aromatic carbocycles. The van der Waals surface area contributed by atoms with E-state index in [1.54, 1.807) is 13.1 Å². The van der Waals surface area contributed by atoms with Gasteiger partial charge in [-0.25, -0.2) is 4.99 Å². The first-order valence-corrected chi connectivity index (χ1v) is 8.66. The van der Waals surface area contributed by atoms with E-state index in [1.165, 1.54) is 0 Å². The Kier molecular flexibility index (Phi) is 5.76. The minimum Gasteiger partial charge on any atom is -0.383 e. The number of rotatable bonds is 3. The van der Waals surface area contributed by atoms with E-state index in [0.717, 1.165) is 28.7 Å². The zero-order valence-electron chi connectivity index (χ0n) is 15.1. The number of nitrogens with two attached hydrogens (primary N) is 1. The molecule has 0 bridgehead atoms. The van der Waals surface area contributed by atoms with Crippen LogP contribution in [-0.4, -0.2) is 18.7 Å². The second-order valence-electron chi connectivity index (χ2n) is 6.02. The number of benzene rings is 2. The molecule has 0 fully saturated rings. The molecule has 0 aliphatic heterocycles. The first kappa shape index (κ1) is 18.1. The summed E-state index contributed by atoms with van der Waals surface area (Å²) in [4.78, 5) is 8.81. The van der Waals surface area contributed by atoms with Gasteiger partial charge < -0.3 is 5.73 Å². The molecule has 1 aliphatic carbocycles. The van der Waals surface area contributed by atoms with E-state index >= 15 is 0 Å². The summed E-state index contributed by atoms with van der Waals surface area (Å²) in [5.41, 5.74) is 10.7. The van der Waals surface area contributed by atoms with Gasteiger partial charge in [0.15, 0.2) is 5.84 Å². The molecule has 2 aromatic rings. The fourth-order valence-corrected chi connectivity index (χ4v) is 2.81. The van der Waals surface area contributed by atoms with Gasteiger partial charge in [-0.15, -0.1) is 0 Å². The van der Waals surface area contributed by atoms with Gasteiger partial charge in [-0.3, -0.25) is 4.99 Å². The first-order chi connectivity index (χ1) is 13.2. The van der Waals surface area contributed by atoms with Crippen LogP contribution in [0.1, 0.15) is 23.1 Å². The van der Waals surface area contributed by atoms with Gasteiger partial charge in [-0.1, -0.05) is 66.8 Å². The largest absolute Gasteiger partial charge is 0.383 e. The summed E-state index contributed by atoms with van der Waals surface area (Å²) in [7, 11) is 1.71. The molecule has 0 radical (unpaired) electrons. The molecule has 1 aliphatic rings. The summed E-state index contributed by atoms with van der Waals surface area (Å²) >= 11 is 0. The minimum absolute atomic E-state index is 0.431. The van der Waals surface area contributed by atoms with Crippen molar-refractivity contribution >= 4 is 17.2 Å². The maximum Gasteiger partial charge on any atom is 0.156 e. The van der Waals surface area contributed by atoms with Crippen LogP contribution >= 0.6 is 0 Å². The lowest BCUT2D eigenvalue weighted by Crippen LogP contribution is -2.16. The Morgan fingerprint density at radius 2 is 1.89 bits per heavy atom. The Hall–Kier alpha value is -3.71. The van der Waals surface area contributed by atoms with Crippen LogP contribution in [0.4, 0.5) is 0 Å². The van der Waals surface area contributed by atoms with Gasteiger partial charge in [-0.05, 0) is 29.7 Å². The standard InChI is InChI=1S/C23H20N4/c1-26-23(27-22(25)19-8-3-2-4-9-19)20-11-6-10-18(13-14-20)21-12-5-7-17(15-21)16-24/h2-9,11-15H,10H2,1H3,(H2,25,26,27). The van der Waals surface area contributed by atoms with E-state index in [1.807, 2.05) is 66.8 Å². The molecular weight excluding hydrogens is 332 g/mol. The summed E-state index contributed by atoms with van der Waals surface area (Å²) in [6.45, 7) is 0. The maximum atomic E-state index is 9.10. The highest BCUT2D eigenvalue weighted by molar-refractivity contribution is 6.12. The highest BCUT2D eigenvalue weighted by Crippen LogP contribution is 2.23. The second kappa shape index (κ2) is 8.59. The second-order valence-corrected chi connectivity index (χ2v) is 6.02. The van der Waals surface area contributed by atoms with E-state index in [-0.39, 0.29) is 0 Å². The quantitative estimate of drug-likeness (QED) is 0.662. The lowest BCUT2D eigenvalue weighted by atomic mass is 10.0. The Labute approximate surface area is 159 Å². The van der Waals surface area contributed by atoms with Gasteiger partial charge in [0.2, 0.25) is 0 Å². The Morgan fingerprint density at radius 3 is 2.63 bits per heavy atom. The van der Waals surface area contributed by atoms with E-state index in [0.29, 0.717) is 17.2 Å². The Morgan fingerprint density at radius 1 is 1.07 bits per heavy atom. The van der Waals surface area contributed by atoms with Crippen LogP contribution in [0.15, 0.2) is 94.5 Å².